The minimum atomic E-state index is -0.393. The monoisotopic (exact) mass is 419 g/mol. The van der Waals surface area contributed by atoms with Crippen molar-refractivity contribution in [2.45, 2.75) is 18.9 Å². The molecule has 2 aromatic carbocycles. The molecule has 0 radical (unpaired) electrons. The molecule has 0 aliphatic carbocycles. The van der Waals surface area contributed by atoms with Gasteiger partial charge in [0.2, 0.25) is 17.7 Å². The minimum Gasteiger partial charge on any atom is -0.472 e. The predicted octanol–water partition coefficient (Wildman–Crippen LogP) is 3.41. The van der Waals surface area contributed by atoms with Crippen LogP contribution in [0.5, 0.6) is 5.88 Å². The van der Waals surface area contributed by atoms with E-state index in [9.17, 15) is 14.0 Å². The van der Waals surface area contributed by atoms with Gasteiger partial charge in [-0.05, 0) is 36.4 Å². The number of pyridine rings is 1. The number of fused-ring (bicyclic) bond motifs is 1. The first-order chi connectivity index (χ1) is 15.1. The molecule has 3 aromatic rings. The van der Waals surface area contributed by atoms with Gasteiger partial charge in [-0.2, -0.15) is 0 Å². The largest absolute Gasteiger partial charge is 0.472 e. The van der Waals surface area contributed by atoms with Crippen LogP contribution < -0.4 is 9.64 Å². The molecule has 0 saturated carbocycles. The van der Waals surface area contributed by atoms with E-state index in [-0.39, 0.29) is 30.2 Å². The van der Waals surface area contributed by atoms with Crippen molar-refractivity contribution in [1.82, 2.24) is 9.88 Å². The van der Waals surface area contributed by atoms with E-state index in [0.29, 0.717) is 31.2 Å². The Balaban J connectivity index is 1.21. The van der Waals surface area contributed by atoms with Gasteiger partial charge in [0.25, 0.3) is 0 Å². The van der Waals surface area contributed by atoms with Crippen LogP contribution in [0.1, 0.15) is 12.8 Å². The Morgan fingerprint density at radius 2 is 1.84 bits per heavy atom. The third-order valence-electron chi connectivity index (χ3n) is 5.93. The van der Waals surface area contributed by atoms with E-state index < -0.39 is 5.92 Å². The van der Waals surface area contributed by atoms with Crippen LogP contribution in [0.15, 0.2) is 60.7 Å². The SMILES string of the molecule is O=C(C1CC(=O)N(c2ccc(F)cc2)C1)N1CCC(Oc2ccc3ccccc3n2)C1. The fraction of sp³-hybridized carbons (Fsp3) is 0.292. The van der Waals surface area contributed by atoms with Gasteiger partial charge in [0.1, 0.15) is 11.9 Å². The van der Waals surface area contributed by atoms with Crippen LogP contribution in [0.25, 0.3) is 10.9 Å². The summed E-state index contributed by atoms with van der Waals surface area (Å²) in [6, 6.07) is 17.4. The molecule has 0 bridgehead atoms. The number of hydrogen-bond donors (Lipinski definition) is 0. The fourth-order valence-electron chi connectivity index (χ4n) is 4.31. The summed E-state index contributed by atoms with van der Waals surface area (Å²) in [6.07, 6.45) is 0.774. The van der Waals surface area contributed by atoms with Crippen LogP contribution in [0, 0.1) is 11.7 Å². The molecule has 0 spiro atoms. The number of carbonyl (C=O) groups excluding carboxylic acids is 2. The summed E-state index contributed by atoms with van der Waals surface area (Å²) in [6.45, 7) is 1.39. The molecule has 0 N–H and O–H groups in total. The Labute approximate surface area is 179 Å². The summed E-state index contributed by atoms with van der Waals surface area (Å²) in [5.41, 5.74) is 1.49. The smallest absolute Gasteiger partial charge is 0.228 e. The number of amides is 2. The number of anilines is 1. The van der Waals surface area contributed by atoms with Gasteiger partial charge in [0, 0.05) is 43.1 Å². The van der Waals surface area contributed by atoms with Crippen molar-refractivity contribution in [2.24, 2.45) is 5.92 Å². The first kappa shape index (κ1) is 19.5. The van der Waals surface area contributed by atoms with Crippen molar-refractivity contribution in [3.8, 4) is 5.88 Å². The van der Waals surface area contributed by atoms with E-state index >= 15 is 0 Å². The lowest BCUT2D eigenvalue weighted by molar-refractivity contribution is -0.135. The average Bonchev–Trinajstić information content (AvgIpc) is 3.40. The molecule has 5 rings (SSSR count). The first-order valence-corrected chi connectivity index (χ1v) is 10.4. The summed E-state index contributed by atoms with van der Waals surface area (Å²) in [4.78, 5) is 33.3. The normalized spacial score (nSPS) is 21.1. The van der Waals surface area contributed by atoms with Crippen LogP contribution in [0.3, 0.4) is 0 Å². The highest BCUT2D eigenvalue weighted by atomic mass is 19.1. The number of likely N-dealkylation sites (tertiary alicyclic amines) is 1. The van der Waals surface area contributed by atoms with E-state index in [2.05, 4.69) is 4.98 Å². The number of rotatable bonds is 4. The molecule has 2 saturated heterocycles. The van der Waals surface area contributed by atoms with Crippen LogP contribution in [-0.4, -0.2) is 47.4 Å². The van der Waals surface area contributed by atoms with E-state index in [0.717, 1.165) is 17.3 Å². The molecule has 158 valence electrons. The Kier molecular flexibility index (Phi) is 5.02. The van der Waals surface area contributed by atoms with Crippen LogP contribution in [0.2, 0.25) is 0 Å². The quantitative estimate of drug-likeness (QED) is 0.650. The van der Waals surface area contributed by atoms with E-state index in [1.807, 2.05) is 36.4 Å². The number of nitrogens with zero attached hydrogens (tertiary/aromatic N) is 3. The van der Waals surface area contributed by atoms with Crippen LogP contribution in [-0.2, 0) is 9.59 Å². The predicted molar refractivity (Wildman–Crippen MR) is 114 cm³/mol. The van der Waals surface area contributed by atoms with Crippen molar-refractivity contribution in [1.29, 1.82) is 0 Å². The zero-order valence-electron chi connectivity index (χ0n) is 16.9. The lowest BCUT2D eigenvalue weighted by atomic mass is 10.1. The highest BCUT2D eigenvalue weighted by molar-refractivity contribution is 6.00. The molecule has 2 amide bonds. The van der Waals surface area contributed by atoms with E-state index in [4.69, 9.17) is 4.74 Å². The number of ether oxygens (including phenoxy) is 1. The van der Waals surface area contributed by atoms with Crippen molar-refractivity contribution < 1.29 is 18.7 Å². The second-order valence-corrected chi connectivity index (χ2v) is 8.04. The maximum atomic E-state index is 13.2. The van der Waals surface area contributed by atoms with E-state index in [1.54, 1.807) is 21.9 Å². The summed E-state index contributed by atoms with van der Waals surface area (Å²) in [5, 5.41) is 1.05. The highest BCUT2D eigenvalue weighted by Gasteiger charge is 2.39. The van der Waals surface area contributed by atoms with Gasteiger partial charge in [-0.3, -0.25) is 9.59 Å². The standard InChI is InChI=1S/C24H22FN3O3/c25-18-6-8-19(9-7-18)28-14-17(13-23(28)29)24(30)27-12-11-20(15-27)31-22-10-5-16-3-1-2-4-21(16)26-22/h1-10,17,20H,11-15H2. The summed E-state index contributed by atoms with van der Waals surface area (Å²) in [5.74, 6) is -0.341. The molecule has 2 aliphatic heterocycles. The Hall–Kier alpha value is -3.48. The number of halogens is 1. The fourth-order valence-corrected chi connectivity index (χ4v) is 4.31. The van der Waals surface area contributed by atoms with Gasteiger partial charge in [-0.15, -0.1) is 0 Å². The maximum absolute atomic E-state index is 13.2. The summed E-state index contributed by atoms with van der Waals surface area (Å²) >= 11 is 0. The summed E-state index contributed by atoms with van der Waals surface area (Å²) < 4.78 is 19.2. The highest BCUT2D eigenvalue weighted by Crippen LogP contribution is 2.28. The molecular formula is C24H22FN3O3. The summed E-state index contributed by atoms with van der Waals surface area (Å²) in [7, 11) is 0. The van der Waals surface area contributed by atoms with Gasteiger partial charge in [-0.1, -0.05) is 18.2 Å². The lowest BCUT2D eigenvalue weighted by Gasteiger charge is -2.21. The third kappa shape index (κ3) is 3.95. The Bertz CT molecular complexity index is 1130. The van der Waals surface area contributed by atoms with Crippen molar-refractivity contribution in [3.63, 3.8) is 0 Å². The third-order valence-corrected chi connectivity index (χ3v) is 5.93. The maximum Gasteiger partial charge on any atom is 0.228 e. The second kappa shape index (κ2) is 7.98. The molecule has 2 atom stereocenters. The zero-order valence-corrected chi connectivity index (χ0v) is 16.9. The average molecular weight is 419 g/mol. The lowest BCUT2D eigenvalue weighted by Crippen LogP contribution is -2.37. The van der Waals surface area contributed by atoms with Crippen LogP contribution in [0.4, 0.5) is 10.1 Å². The molecule has 6 nitrogen and oxygen atoms in total. The second-order valence-electron chi connectivity index (χ2n) is 8.04. The van der Waals surface area contributed by atoms with Gasteiger partial charge >= 0.3 is 0 Å². The number of carbonyl (C=O) groups is 2. The van der Waals surface area contributed by atoms with Gasteiger partial charge in [0.15, 0.2) is 0 Å². The zero-order chi connectivity index (χ0) is 21.4. The number of para-hydroxylation sites is 1. The van der Waals surface area contributed by atoms with Crippen molar-refractivity contribution in [2.75, 3.05) is 24.5 Å². The number of hydrogen-bond acceptors (Lipinski definition) is 4. The molecular weight excluding hydrogens is 397 g/mol. The Morgan fingerprint density at radius 1 is 1.03 bits per heavy atom. The minimum absolute atomic E-state index is 0.0319. The molecule has 2 aliphatic rings. The first-order valence-electron chi connectivity index (χ1n) is 10.4. The topological polar surface area (TPSA) is 62.7 Å². The van der Waals surface area contributed by atoms with E-state index in [1.165, 1.54) is 12.1 Å². The molecule has 3 heterocycles. The molecule has 31 heavy (non-hydrogen) atoms. The number of aromatic nitrogens is 1. The molecule has 7 heteroatoms. The molecule has 2 unspecified atom stereocenters. The van der Waals surface area contributed by atoms with Crippen LogP contribution >= 0.6 is 0 Å². The Morgan fingerprint density at radius 3 is 2.68 bits per heavy atom. The van der Waals surface area contributed by atoms with Crippen molar-refractivity contribution >= 4 is 28.4 Å². The van der Waals surface area contributed by atoms with Gasteiger partial charge in [0.05, 0.1) is 18.0 Å². The molecule has 1 aromatic heterocycles. The van der Waals surface area contributed by atoms with Gasteiger partial charge < -0.3 is 14.5 Å². The van der Waals surface area contributed by atoms with Gasteiger partial charge in [-0.25, -0.2) is 9.37 Å². The number of benzene rings is 2. The molecule has 2 fully saturated rings. The van der Waals surface area contributed by atoms with Crippen molar-refractivity contribution in [3.05, 3.63) is 66.5 Å².